The van der Waals surface area contributed by atoms with Crippen molar-refractivity contribution in [1.29, 1.82) is 0 Å². The first-order valence-corrected chi connectivity index (χ1v) is 7.09. The van der Waals surface area contributed by atoms with E-state index in [4.69, 9.17) is 0 Å². The largest absolute Gasteiger partial charge is 0.388 e. The van der Waals surface area contributed by atoms with Crippen LogP contribution in [0.4, 0.5) is 0 Å². The van der Waals surface area contributed by atoms with Crippen LogP contribution in [0.3, 0.4) is 0 Å². The summed E-state index contributed by atoms with van der Waals surface area (Å²) >= 11 is 0. The van der Waals surface area contributed by atoms with Crippen molar-refractivity contribution in [3.63, 3.8) is 0 Å². The quantitative estimate of drug-likeness (QED) is 0.910. The molecule has 1 aliphatic rings. The smallest absolute Gasteiger partial charge is 0.0892 e. The monoisotopic (exact) mass is 269 g/mol. The van der Waals surface area contributed by atoms with E-state index in [0.29, 0.717) is 0 Å². The number of aliphatic hydroxyl groups excluding tert-OH is 1. The van der Waals surface area contributed by atoms with Gasteiger partial charge < -0.3 is 5.11 Å². The molecule has 0 fully saturated rings. The highest BCUT2D eigenvalue weighted by molar-refractivity contribution is 5.31. The molecule has 2 unspecified atom stereocenters. The second-order valence-electron chi connectivity index (χ2n) is 5.52. The van der Waals surface area contributed by atoms with Crippen LogP contribution in [-0.2, 0) is 6.42 Å². The molecule has 104 valence electrons. The number of nitrogens with zero attached hydrogens (tertiary/aromatic N) is 3. The van der Waals surface area contributed by atoms with Crippen LogP contribution in [0.2, 0.25) is 0 Å². The van der Waals surface area contributed by atoms with E-state index >= 15 is 0 Å². The van der Waals surface area contributed by atoms with Gasteiger partial charge in [-0.3, -0.25) is 4.98 Å². The van der Waals surface area contributed by atoms with Crippen LogP contribution in [0.1, 0.15) is 53.1 Å². The van der Waals surface area contributed by atoms with E-state index in [-0.39, 0.29) is 5.92 Å². The second-order valence-corrected chi connectivity index (χ2v) is 5.52. The van der Waals surface area contributed by atoms with Crippen LogP contribution in [0, 0.1) is 13.8 Å². The Morgan fingerprint density at radius 2 is 2.15 bits per heavy atom. The maximum Gasteiger partial charge on any atom is 0.0892 e. The van der Waals surface area contributed by atoms with Gasteiger partial charge in [-0.25, -0.2) is 0 Å². The van der Waals surface area contributed by atoms with Gasteiger partial charge in [0.25, 0.3) is 0 Å². The fourth-order valence-corrected chi connectivity index (χ4v) is 3.04. The van der Waals surface area contributed by atoms with Crippen molar-refractivity contribution in [2.45, 2.75) is 45.1 Å². The number of aromatic nitrogens is 3. The fourth-order valence-electron chi connectivity index (χ4n) is 3.04. The summed E-state index contributed by atoms with van der Waals surface area (Å²) in [4.78, 5) is 4.50. The number of hydrogen-bond acceptors (Lipinski definition) is 4. The molecule has 3 rings (SSSR count). The number of aliphatic hydroxyl groups is 1. The molecule has 2 aromatic rings. The zero-order valence-corrected chi connectivity index (χ0v) is 11.9. The molecule has 20 heavy (non-hydrogen) atoms. The highest BCUT2D eigenvalue weighted by Gasteiger charge is 2.30. The molecule has 2 aromatic heterocycles. The van der Waals surface area contributed by atoms with Crippen molar-refractivity contribution in [1.82, 2.24) is 15.2 Å². The Morgan fingerprint density at radius 3 is 3.00 bits per heavy atom. The third-order valence-electron chi connectivity index (χ3n) is 4.08. The van der Waals surface area contributed by atoms with Crippen molar-refractivity contribution in [2.75, 3.05) is 0 Å². The fraction of sp³-hybridized carbons (Fsp3) is 0.438. The van der Waals surface area contributed by atoms with Crippen LogP contribution in [0.25, 0.3) is 0 Å². The number of hydrogen-bond donors (Lipinski definition) is 1. The topological polar surface area (TPSA) is 58.9 Å². The molecule has 0 aromatic carbocycles. The number of aryl methyl sites for hydroxylation is 3. The highest BCUT2D eigenvalue weighted by Crippen LogP contribution is 2.39. The zero-order chi connectivity index (χ0) is 14.1. The third-order valence-corrected chi connectivity index (χ3v) is 4.08. The normalized spacial score (nSPS) is 19.4. The first-order valence-electron chi connectivity index (χ1n) is 7.09. The molecule has 0 amide bonds. The predicted octanol–water partition coefficient (Wildman–Crippen LogP) is 2.64. The van der Waals surface area contributed by atoms with E-state index in [2.05, 4.69) is 21.2 Å². The molecule has 1 N–H and O–H groups in total. The average molecular weight is 269 g/mol. The summed E-state index contributed by atoms with van der Waals surface area (Å²) < 4.78 is 0. The lowest BCUT2D eigenvalue weighted by Crippen LogP contribution is -2.19. The van der Waals surface area contributed by atoms with Crippen molar-refractivity contribution in [3.05, 3.63) is 52.6 Å². The molecule has 2 heterocycles. The Kier molecular flexibility index (Phi) is 3.49. The van der Waals surface area contributed by atoms with Crippen LogP contribution < -0.4 is 0 Å². The van der Waals surface area contributed by atoms with Gasteiger partial charge >= 0.3 is 0 Å². The molecule has 1 aliphatic carbocycles. The van der Waals surface area contributed by atoms with Gasteiger partial charge in [0.2, 0.25) is 0 Å². The number of fused-ring (bicyclic) bond motifs is 1. The van der Waals surface area contributed by atoms with Crippen LogP contribution in [-0.4, -0.2) is 20.3 Å². The van der Waals surface area contributed by atoms with Gasteiger partial charge in [-0.05, 0) is 50.8 Å². The summed E-state index contributed by atoms with van der Waals surface area (Å²) in [5.41, 5.74) is 4.81. The number of rotatable bonds is 2. The van der Waals surface area contributed by atoms with Gasteiger partial charge in [0.1, 0.15) is 0 Å². The van der Waals surface area contributed by atoms with Gasteiger partial charge in [0, 0.05) is 23.4 Å². The van der Waals surface area contributed by atoms with Crippen molar-refractivity contribution in [2.24, 2.45) is 0 Å². The molecule has 4 nitrogen and oxygen atoms in total. The SMILES string of the molecule is Cc1cc(C(O)C2CCCc3cccnc32)c(C)nn1. The summed E-state index contributed by atoms with van der Waals surface area (Å²) in [5, 5.41) is 18.9. The number of pyridine rings is 1. The lowest BCUT2D eigenvalue weighted by atomic mass is 9.81. The molecule has 0 radical (unpaired) electrons. The second kappa shape index (κ2) is 5.29. The first-order chi connectivity index (χ1) is 9.66. The van der Waals surface area contributed by atoms with Gasteiger partial charge in [-0.2, -0.15) is 10.2 Å². The maximum atomic E-state index is 10.8. The minimum absolute atomic E-state index is 0.0576. The van der Waals surface area contributed by atoms with E-state index in [1.165, 1.54) is 5.56 Å². The molecule has 2 atom stereocenters. The highest BCUT2D eigenvalue weighted by atomic mass is 16.3. The van der Waals surface area contributed by atoms with Gasteiger partial charge in [0.05, 0.1) is 17.5 Å². The van der Waals surface area contributed by atoms with Crippen LogP contribution >= 0.6 is 0 Å². The van der Waals surface area contributed by atoms with E-state index in [1.807, 2.05) is 32.2 Å². The summed E-state index contributed by atoms with van der Waals surface area (Å²) in [6.07, 6.45) is 4.37. The standard InChI is InChI=1S/C16H19N3O/c1-10-9-14(11(2)19-18-10)16(20)13-7-3-5-12-6-4-8-17-15(12)13/h4,6,8-9,13,16,20H,3,5,7H2,1-2H3. The minimum atomic E-state index is -0.557. The average Bonchev–Trinajstić information content (AvgIpc) is 2.48. The zero-order valence-electron chi connectivity index (χ0n) is 11.9. The van der Waals surface area contributed by atoms with E-state index in [1.54, 1.807) is 0 Å². The molecule has 0 spiro atoms. The Labute approximate surface area is 118 Å². The lowest BCUT2D eigenvalue weighted by Gasteiger charge is -2.29. The molecule has 0 saturated carbocycles. The maximum absolute atomic E-state index is 10.8. The third kappa shape index (κ3) is 2.31. The Morgan fingerprint density at radius 1 is 1.30 bits per heavy atom. The molecule has 0 aliphatic heterocycles. The molecular weight excluding hydrogens is 250 g/mol. The van der Waals surface area contributed by atoms with Crippen LogP contribution in [0.5, 0.6) is 0 Å². The predicted molar refractivity (Wildman–Crippen MR) is 76.4 cm³/mol. The van der Waals surface area contributed by atoms with Crippen molar-refractivity contribution in [3.8, 4) is 0 Å². The minimum Gasteiger partial charge on any atom is -0.388 e. The molecule has 0 saturated heterocycles. The summed E-state index contributed by atoms with van der Waals surface area (Å²) in [6.45, 7) is 3.79. The summed E-state index contributed by atoms with van der Waals surface area (Å²) in [7, 11) is 0. The van der Waals surface area contributed by atoms with E-state index in [9.17, 15) is 5.11 Å². The van der Waals surface area contributed by atoms with E-state index < -0.39 is 6.10 Å². The van der Waals surface area contributed by atoms with Crippen molar-refractivity contribution >= 4 is 0 Å². The molecule has 0 bridgehead atoms. The van der Waals surface area contributed by atoms with Gasteiger partial charge in [-0.1, -0.05) is 6.07 Å². The lowest BCUT2D eigenvalue weighted by molar-refractivity contribution is 0.132. The van der Waals surface area contributed by atoms with Crippen molar-refractivity contribution < 1.29 is 5.11 Å². The molecule has 4 heteroatoms. The molecular formula is C16H19N3O. The first kappa shape index (κ1) is 13.2. The van der Waals surface area contributed by atoms with Crippen LogP contribution in [0.15, 0.2) is 24.4 Å². The summed E-state index contributed by atoms with van der Waals surface area (Å²) in [6, 6.07) is 6.02. The summed E-state index contributed by atoms with van der Waals surface area (Å²) in [5.74, 6) is 0.0576. The Bertz CT molecular complexity index is 627. The van der Waals surface area contributed by atoms with Gasteiger partial charge in [-0.15, -0.1) is 0 Å². The Hall–Kier alpha value is -1.81. The Balaban J connectivity index is 1.99. The van der Waals surface area contributed by atoms with Gasteiger partial charge in [0.15, 0.2) is 0 Å². The van der Waals surface area contributed by atoms with E-state index in [0.717, 1.165) is 41.9 Å².